The van der Waals surface area contributed by atoms with Crippen LogP contribution in [0.3, 0.4) is 0 Å². The lowest BCUT2D eigenvalue weighted by molar-refractivity contribution is -0.136. The van der Waals surface area contributed by atoms with Gasteiger partial charge in [-0.15, -0.1) is 0 Å². The van der Waals surface area contributed by atoms with Crippen molar-refractivity contribution in [3.63, 3.8) is 0 Å². The first-order chi connectivity index (χ1) is 9.99. The van der Waals surface area contributed by atoms with E-state index >= 15 is 0 Å². The van der Waals surface area contributed by atoms with Crippen LogP contribution in [0.5, 0.6) is 0 Å². The molecule has 0 aliphatic carbocycles. The Balaban J connectivity index is 2.25. The number of hydrogen-bond acceptors (Lipinski definition) is 3. The number of carbonyl (C=O) groups is 2. The van der Waals surface area contributed by atoms with Crippen LogP contribution in [-0.4, -0.2) is 36.2 Å². The van der Waals surface area contributed by atoms with Gasteiger partial charge in [-0.1, -0.05) is 17.7 Å². The largest absolute Gasteiger partial charge is 0.481 e. The van der Waals surface area contributed by atoms with Gasteiger partial charge in [0.2, 0.25) is 0 Å². The lowest BCUT2D eigenvalue weighted by Gasteiger charge is -2.26. The minimum absolute atomic E-state index is 0.0776. The van der Waals surface area contributed by atoms with Crippen molar-refractivity contribution in [1.29, 1.82) is 0 Å². The molecule has 1 unspecified atom stereocenters. The van der Waals surface area contributed by atoms with Gasteiger partial charge in [0.05, 0.1) is 6.42 Å². The van der Waals surface area contributed by atoms with Gasteiger partial charge in [-0.25, -0.2) is 0 Å². The Morgan fingerprint density at radius 1 is 1.38 bits per heavy atom. The lowest BCUT2D eigenvalue weighted by Crippen LogP contribution is -2.40. The van der Waals surface area contributed by atoms with E-state index in [-0.39, 0.29) is 18.9 Å². The minimum atomic E-state index is -0.912. The van der Waals surface area contributed by atoms with Crippen molar-refractivity contribution in [2.45, 2.75) is 39.2 Å². The Morgan fingerprint density at radius 3 is 2.71 bits per heavy atom. The van der Waals surface area contributed by atoms with Crippen molar-refractivity contribution in [3.8, 4) is 0 Å². The van der Waals surface area contributed by atoms with E-state index in [0.717, 1.165) is 23.2 Å². The van der Waals surface area contributed by atoms with Gasteiger partial charge in [0.15, 0.2) is 0 Å². The normalized spacial score (nSPS) is 17.7. The lowest BCUT2D eigenvalue weighted by atomic mass is 10.1. The molecule has 1 aromatic carbocycles. The summed E-state index contributed by atoms with van der Waals surface area (Å²) in [6.07, 6.45) is 1.05. The van der Waals surface area contributed by atoms with E-state index < -0.39 is 12.1 Å². The van der Waals surface area contributed by atoms with E-state index in [1.165, 1.54) is 0 Å². The van der Waals surface area contributed by atoms with Crippen LogP contribution >= 0.6 is 0 Å². The molecule has 1 saturated heterocycles. The van der Waals surface area contributed by atoms with Gasteiger partial charge in [0.1, 0.15) is 6.10 Å². The van der Waals surface area contributed by atoms with Gasteiger partial charge in [0, 0.05) is 18.8 Å². The number of hydrogen-bond donors (Lipinski definition) is 1. The highest BCUT2D eigenvalue weighted by atomic mass is 16.5. The number of carboxylic acid groups (broad SMARTS) is 1. The third-order valence-corrected chi connectivity index (χ3v) is 3.66. The highest BCUT2D eigenvalue weighted by Gasteiger charge is 2.29. The van der Waals surface area contributed by atoms with Crippen LogP contribution in [0, 0.1) is 13.8 Å². The Kier molecular flexibility index (Phi) is 4.96. The van der Waals surface area contributed by atoms with Gasteiger partial charge in [-0.05, 0) is 38.3 Å². The van der Waals surface area contributed by atoms with Crippen LogP contribution in [0.1, 0.15) is 30.4 Å². The van der Waals surface area contributed by atoms with Crippen molar-refractivity contribution < 1.29 is 19.4 Å². The molecular weight excluding hydrogens is 270 g/mol. The molecule has 0 spiro atoms. The molecule has 1 atom stereocenters. The number of anilines is 1. The zero-order chi connectivity index (χ0) is 15.4. The quantitative estimate of drug-likeness (QED) is 0.904. The molecule has 21 heavy (non-hydrogen) atoms. The monoisotopic (exact) mass is 291 g/mol. The Morgan fingerprint density at radius 2 is 2.14 bits per heavy atom. The number of rotatable bonds is 5. The summed E-state index contributed by atoms with van der Waals surface area (Å²) in [5.41, 5.74) is 2.84. The molecule has 1 aromatic rings. The van der Waals surface area contributed by atoms with Crippen molar-refractivity contribution in [1.82, 2.24) is 0 Å². The predicted molar refractivity (Wildman–Crippen MR) is 79.5 cm³/mol. The highest BCUT2D eigenvalue weighted by Crippen LogP contribution is 2.25. The fourth-order valence-electron chi connectivity index (χ4n) is 2.61. The zero-order valence-electron chi connectivity index (χ0n) is 12.5. The first-order valence-corrected chi connectivity index (χ1v) is 7.21. The molecule has 1 fully saturated rings. The molecule has 0 radical (unpaired) electrons. The molecule has 5 nitrogen and oxygen atoms in total. The smallest absolute Gasteiger partial charge is 0.305 e. The third kappa shape index (κ3) is 3.82. The average Bonchev–Trinajstić information content (AvgIpc) is 2.94. The van der Waals surface area contributed by atoms with Crippen LogP contribution in [0.25, 0.3) is 0 Å². The van der Waals surface area contributed by atoms with Crippen molar-refractivity contribution in [3.05, 3.63) is 29.3 Å². The molecule has 0 aromatic heterocycles. The Labute approximate surface area is 124 Å². The molecule has 1 amide bonds. The first-order valence-electron chi connectivity index (χ1n) is 7.21. The highest BCUT2D eigenvalue weighted by molar-refractivity contribution is 5.97. The molecule has 0 saturated carbocycles. The second-order valence-corrected chi connectivity index (χ2v) is 5.43. The van der Waals surface area contributed by atoms with Crippen molar-refractivity contribution in [2.24, 2.45) is 0 Å². The molecular formula is C16H21NO4. The van der Waals surface area contributed by atoms with E-state index in [9.17, 15) is 9.59 Å². The molecule has 1 aliphatic heterocycles. The van der Waals surface area contributed by atoms with Crippen LogP contribution in [-0.2, 0) is 14.3 Å². The first kappa shape index (κ1) is 15.5. The SMILES string of the molecule is Cc1ccc(N(CCC(=O)O)C(=O)C2CCCO2)c(C)c1. The number of amides is 1. The van der Waals surface area contributed by atoms with Crippen LogP contribution in [0.4, 0.5) is 5.69 Å². The van der Waals surface area contributed by atoms with E-state index in [4.69, 9.17) is 9.84 Å². The Bertz CT molecular complexity index is 535. The van der Waals surface area contributed by atoms with E-state index in [2.05, 4.69) is 0 Å². The predicted octanol–water partition coefficient (Wildman–Crippen LogP) is 2.29. The number of ether oxygens (including phenoxy) is 1. The maximum atomic E-state index is 12.6. The van der Waals surface area contributed by atoms with E-state index in [1.807, 2.05) is 32.0 Å². The zero-order valence-corrected chi connectivity index (χ0v) is 12.5. The maximum Gasteiger partial charge on any atom is 0.305 e. The summed E-state index contributed by atoms with van der Waals surface area (Å²) in [6.45, 7) is 4.67. The van der Waals surface area contributed by atoms with Gasteiger partial charge in [-0.2, -0.15) is 0 Å². The van der Waals surface area contributed by atoms with Gasteiger partial charge in [-0.3, -0.25) is 9.59 Å². The standard InChI is InChI=1S/C16H21NO4/c1-11-5-6-13(12(2)10-11)17(8-7-15(18)19)16(20)14-4-3-9-21-14/h5-6,10,14H,3-4,7-9H2,1-2H3,(H,18,19). The van der Waals surface area contributed by atoms with E-state index in [0.29, 0.717) is 13.0 Å². The minimum Gasteiger partial charge on any atom is -0.481 e. The van der Waals surface area contributed by atoms with Crippen LogP contribution in [0.15, 0.2) is 18.2 Å². The maximum absolute atomic E-state index is 12.6. The summed E-state index contributed by atoms with van der Waals surface area (Å²) in [5, 5.41) is 8.90. The number of nitrogens with zero attached hydrogens (tertiary/aromatic N) is 1. The molecule has 1 aliphatic rings. The van der Waals surface area contributed by atoms with Gasteiger partial charge < -0.3 is 14.7 Å². The number of benzene rings is 1. The molecule has 0 bridgehead atoms. The number of aryl methyl sites for hydroxylation is 2. The Hall–Kier alpha value is -1.88. The molecule has 114 valence electrons. The molecule has 1 heterocycles. The van der Waals surface area contributed by atoms with Crippen molar-refractivity contribution in [2.75, 3.05) is 18.1 Å². The summed E-state index contributed by atoms with van der Waals surface area (Å²) in [6, 6.07) is 5.80. The average molecular weight is 291 g/mol. The summed E-state index contributed by atoms with van der Waals surface area (Å²) in [7, 11) is 0. The molecule has 1 N–H and O–H groups in total. The molecule has 5 heteroatoms. The number of carbonyl (C=O) groups excluding carboxylic acids is 1. The van der Waals surface area contributed by atoms with Crippen LogP contribution < -0.4 is 4.90 Å². The second kappa shape index (κ2) is 6.72. The van der Waals surface area contributed by atoms with Gasteiger partial charge in [0.25, 0.3) is 5.91 Å². The number of carboxylic acids is 1. The summed E-state index contributed by atoms with van der Waals surface area (Å²) in [5.74, 6) is -1.05. The molecule has 2 rings (SSSR count). The second-order valence-electron chi connectivity index (χ2n) is 5.43. The fourth-order valence-corrected chi connectivity index (χ4v) is 2.61. The van der Waals surface area contributed by atoms with Gasteiger partial charge >= 0.3 is 5.97 Å². The fraction of sp³-hybridized carbons (Fsp3) is 0.500. The van der Waals surface area contributed by atoms with E-state index in [1.54, 1.807) is 4.90 Å². The topological polar surface area (TPSA) is 66.8 Å². The summed E-state index contributed by atoms with van der Waals surface area (Å²) >= 11 is 0. The third-order valence-electron chi connectivity index (χ3n) is 3.66. The summed E-state index contributed by atoms with van der Waals surface area (Å²) < 4.78 is 5.45. The van der Waals surface area contributed by atoms with Crippen molar-refractivity contribution >= 4 is 17.6 Å². The summed E-state index contributed by atoms with van der Waals surface area (Å²) in [4.78, 5) is 25.0. The van der Waals surface area contributed by atoms with Crippen LogP contribution in [0.2, 0.25) is 0 Å². The number of aliphatic carboxylic acids is 1.